The Hall–Kier alpha value is -2.73. The molecule has 1 saturated heterocycles. The number of carbonyl (C=O) groups is 2. The van der Waals surface area contributed by atoms with Gasteiger partial charge in [-0.3, -0.25) is 19.5 Å². The summed E-state index contributed by atoms with van der Waals surface area (Å²) in [6.07, 6.45) is 3.00. The largest absolute Gasteiger partial charge is 0.392 e. The van der Waals surface area contributed by atoms with Gasteiger partial charge >= 0.3 is 0 Å². The van der Waals surface area contributed by atoms with Crippen molar-refractivity contribution >= 4 is 17.5 Å². The number of β-amino-alcohol motifs (C(OH)–C–C–N with tert-alkyl or cyclic N) is 1. The fourth-order valence-electron chi connectivity index (χ4n) is 4.04. The number of aromatic nitrogens is 1. The number of hydrogen-bond donors (Lipinski definition) is 1. The first-order valence-corrected chi connectivity index (χ1v) is 9.39. The minimum absolute atomic E-state index is 0.0214. The molecule has 0 radical (unpaired) electrons. The molecule has 0 bridgehead atoms. The summed E-state index contributed by atoms with van der Waals surface area (Å²) in [6, 6.07) is 11.4. The van der Waals surface area contributed by atoms with E-state index in [0.717, 1.165) is 42.2 Å². The summed E-state index contributed by atoms with van der Waals surface area (Å²) in [7, 11) is 0. The van der Waals surface area contributed by atoms with E-state index in [1.165, 1.54) is 0 Å². The second-order valence-electron chi connectivity index (χ2n) is 7.29. The van der Waals surface area contributed by atoms with E-state index < -0.39 is 6.10 Å². The number of aliphatic hydroxyl groups is 1. The number of aliphatic hydroxyl groups excluding tert-OH is 1. The van der Waals surface area contributed by atoms with Gasteiger partial charge in [0.15, 0.2) is 0 Å². The smallest absolute Gasteiger partial charge is 0.263 e. The Morgan fingerprint density at radius 2 is 1.89 bits per heavy atom. The second kappa shape index (κ2) is 7.12. The van der Waals surface area contributed by atoms with Crippen molar-refractivity contribution in [3.63, 3.8) is 0 Å². The minimum atomic E-state index is -0.746. The van der Waals surface area contributed by atoms with E-state index in [9.17, 15) is 14.7 Å². The van der Waals surface area contributed by atoms with Gasteiger partial charge in [0.2, 0.25) is 0 Å². The van der Waals surface area contributed by atoms with E-state index in [2.05, 4.69) is 16.0 Å². The number of benzene rings is 1. The quantitative estimate of drug-likeness (QED) is 0.843. The second-order valence-corrected chi connectivity index (χ2v) is 7.29. The van der Waals surface area contributed by atoms with Crippen LogP contribution in [-0.2, 0) is 0 Å². The molecule has 1 N–H and O–H groups in total. The minimum Gasteiger partial charge on any atom is -0.392 e. The van der Waals surface area contributed by atoms with Gasteiger partial charge in [0.05, 0.1) is 29.5 Å². The lowest BCUT2D eigenvalue weighted by molar-refractivity contribution is 0.0563. The van der Waals surface area contributed by atoms with Crippen LogP contribution in [0.5, 0.6) is 0 Å². The molecule has 0 aliphatic carbocycles. The van der Waals surface area contributed by atoms with Gasteiger partial charge in [0.1, 0.15) is 0 Å². The Morgan fingerprint density at radius 1 is 1.11 bits per heavy atom. The fraction of sp³-hybridized carbons (Fsp3) is 0.381. The van der Waals surface area contributed by atoms with Crippen LogP contribution >= 0.6 is 0 Å². The van der Waals surface area contributed by atoms with Crippen LogP contribution in [0, 0.1) is 0 Å². The molecular formula is C21H23N3O3. The molecule has 140 valence electrons. The topological polar surface area (TPSA) is 73.7 Å². The zero-order chi connectivity index (χ0) is 19.0. The van der Waals surface area contributed by atoms with Gasteiger partial charge in [0.25, 0.3) is 11.8 Å². The van der Waals surface area contributed by atoms with Crippen molar-refractivity contribution in [2.24, 2.45) is 0 Å². The Kier molecular flexibility index (Phi) is 4.66. The van der Waals surface area contributed by atoms with E-state index in [1.807, 2.05) is 30.5 Å². The predicted octanol–water partition coefficient (Wildman–Crippen LogP) is 2.44. The molecule has 2 amide bonds. The number of piperidine rings is 1. The Labute approximate surface area is 158 Å². The lowest BCUT2D eigenvalue weighted by atomic mass is 9.92. The van der Waals surface area contributed by atoms with Gasteiger partial charge in [0, 0.05) is 30.9 Å². The maximum Gasteiger partial charge on any atom is 0.263 e. The molecule has 0 saturated carbocycles. The number of hydrogen-bond acceptors (Lipinski definition) is 5. The van der Waals surface area contributed by atoms with Crippen LogP contribution in [0.3, 0.4) is 0 Å². The average molecular weight is 365 g/mol. The zero-order valence-corrected chi connectivity index (χ0v) is 15.3. The van der Waals surface area contributed by atoms with Crippen molar-refractivity contribution in [3.8, 4) is 0 Å². The van der Waals surface area contributed by atoms with E-state index in [0.29, 0.717) is 17.0 Å². The van der Waals surface area contributed by atoms with Crippen LogP contribution in [-0.4, -0.2) is 52.5 Å². The molecule has 1 fully saturated rings. The first-order valence-electron chi connectivity index (χ1n) is 9.39. The number of pyridine rings is 1. The number of imide groups is 1. The fourth-order valence-corrected chi connectivity index (χ4v) is 4.04. The van der Waals surface area contributed by atoms with E-state index in [4.69, 9.17) is 0 Å². The third-order valence-corrected chi connectivity index (χ3v) is 5.37. The van der Waals surface area contributed by atoms with Crippen molar-refractivity contribution in [1.82, 2.24) is 9.88 Å². The van der Waals surface area contributed by atoms with E-state index in [1.54, 1.807) is 13.0 Å². The highest BCUT2D eigenvalue weighted by Crippen LogP contribution is 2.35. The van der Waals surface area contributed by atoms with Crippen molar-refractivity contribution in [3.05, 3.63) is 59.4 Å². The third kappa shape index (κ3) is 3.21. The summed E-state index contributed by atoms with van der Waals surface area (Å²) in [5.74, 6) is -0.206. The van der Waals surface area contributed by atoms with Crippen LogP contribution < -0.4 is 4.90 Å². The standard InChI is InChI=1S/C21H23N3O3/c1-14(25)13-24-20(26)16-5-4-7-18(19(16)21(24)27)23-11-8-15(9-12-23)17-6-2-3-10-22-17/h2-7,10,14-15,25H,8-9,11-13H2,1H3. The molecule has 2 aliphatic rings. The summed E-state index contributed by atoms with van der Waals surface area (Å²) in [4.78, 5) is 33.2. The first-order chi connectivity index (χ1) is 13.1. The summed E-state index contributed by atoms with van der Waals surface area (Å²) in [6.45, 7) is 3.23. The molecule has 1 unspecified atom stereocenters. The Morgan fingerprint density at radius 3 is 2.56 bits per heavy atom. The molecule has 3 heterocycles. The highest BCUT2D eigenvalue weighted by atomic mass is 16.3. The summed E-state index contributed by atoms with van der Waals surface area (Å²) < 4.78 is 0. The number of fused-ring (bicyclic) bond motifs is 1. The highest BCUT2D eigenvalue weighted by Gasteiger charge is 2.39. The molecule has 1 atom stereocenters. The molecule has 27 heavy (non-hydrogen) atoms. The highest BCUT2D eigenvalue weighted by molar-refractivity contribution is 6.23. The van der Waals surface area contributed by atoms with Gasteiger partial charge in [-0.15, -0.1) is 0 Å². The number of carbonyl (C=O) groups excluding carboxylic acids is 2. The molecule has 0 spiro atoms. The maximum absolute atomic E-state index is 12.8. The van der Waals surface area contributed by atoms with Crippen molar-refractivity contribution in [2.45, 2.75) is 31.8 Å². The SMILES string of the molecule is CC(O)CN1C(=O)c2cccc(N3CCC(c4ccccn4)CC3)c2C1=O. The van der Waals surface area contributed by atoms with Gasteiger partial charge in [-0.05, 0) is 44.0 Å². The predicted molar refractivity (Wildman–Crippen MR) is 102 cm³/mol. The number of amides is 2. The number of anilines is 1. The first kappa shape index (κ1) is 17.7. The molecular weight excluding hydrogens is 342 g/mol. The Balaban J connectivity index is 1.56. The molecule has 6 nitrogen and oxygen atoms in total. The zero-order valence-electron chi connectivity index (χ0n) is 15.3. The maximum atomic E-state index is 12.8. The average Bonchev–Trinajstić information content (AvgIpc) is 2.93. The van der Waals surface area contributed by atoms with Gasteiger partial charge in [-0.25, -0.2) is 0 Å². The number of rotatable bonds is 4. The molecule has 2 aromatic rings. The number of nitrogens with zero attached hydrogens (tertiary/aromatic N) is 3. The molecule has 2 aliphatic heterocycles. The van der Waals surface area contributed by atoms with Crippen molar-refractivity contribution in [1.29, 1.82) is 0 Å². The summed E-state index contributed by atoms with van der Waals surface area (Å²) >= 11 is 0. The van der Waals surface area contributed by atoms with Crippen LogP contribution in [0.25, 0.3) is 0 Å². The van der Waals surface area contributed by atoms with Crippen molar-refractivity contribution in [2.75, 3.05) is 24.5 Å². The molecule has 1 aromatic carbocycles. The van der Waals surface area contributed by atoms with E-state index in [-0.39, 0.29) is 18.4 Å². The van der Waals surface area contributed by atoms with Crippen LogP contribution in [0.1, 0.15) is 52.1 Å². The molecule has 4 rings (SSSR count). The normalized spacial score (nSPS) is 18.7. The van der Waals surface area contributed by atoms with Gasteiger partial charge < -0.3 is 10.0 Å². The monoisotopic (exact) mass is 365 g/mol. The van der Waals surface area contributed by atoms with E-state index >= 15 is 0 Å². The van der Waals surface area contributed by atoms with Gasteiger partial charge in [-0.1, -0.05) is 12.1 Å². The van der Waals surface area contributed by atoms with Crippen LogP contribution in [0.4, 0.5) is 5.69 Å². The lowest BCUT2D eigenvalue weighted by Crippen LogP contribution is -2.37. The molecule has 1 aromatic heterocycles. The summed E-state index contributed by atoms with van der Waals surface area (Å²) in [5, 5.41) is 9.62. The van der Waals surface area contributed by atoms with Crippen molar-refractivity contribution < 1.29 is 14.7 Å². The van der Waals surface area contributed by atoms with Crippen LogP contribution in [0.15, 0.2) is 42.6 Å². The third-order valence-electron chi connectivity index (χ3n) is 5.37. The Bertz CT molecular complexity index is 858. The summed E-state index contributed by atoms with van der Waals surface area (Å²) in [5.41, 5.74) is 2.84. The lowest BCUT2D eigenvalue weighted by Gasteiger charge is -2.34. The van der Waals surface area contributed by atoms with Gasteiger partial charge in [-0.2, -0.15) is 0 Å². The molecule has 6 heteroatoms. The van der Waals surface area contributed by atoms with Crippen LogP contribution in [0.2, 0.25) is 0 Å².